The SMILES string of the molecule is CNC1=C(c2cccc(C(F)(F)F)c2)C(=O)C(c2c(C(F)(F)F)c(C)cc3cccc(OC)c23)C1. The van der Waals surface area contributed by atoms with E-state index < -0.39 is 35.2 Å². The minimum absolute atomic E-state index is 0.00541. The quantitative estimate of drug-likeness (QED) is 0.403. The van der Waals surface area contributed by atoms with E-state index in [4.69, 9.17) is 4.74 Å². The van der Waals surface area contributed by atoms with E-state index in [9.17, 15) is 31.1 Å². The first kappa shape index (κ1) is 24.6. The summed E-state index contributed by atoms with van der Waals surface area (Å²) in [5.41, 5.74) is -1.96. The summed E-state index contributed by atoms with van der Waals surface area (Å²) in [6, 6.07) is 10.4. The Kier molecular flexibility index (Phi) is 6.07. The van der Waals surface area contributed by atoms with E-state index in [0.29, 0.717) is 5.39 Å². The van der Waals surface area contributed by atoms with Gasteiger partial charge in [-0.1, -0.05) is 30.3 Å². The van der Waals surface area contributed by atoms with E-state index in [2.05, 4.69) is 5.32 Å². The Morgan fingerprint density at radius 2 is 1.66 bits per heavy atom. The largest absolute Gasteiger partial charge is 0.496 e. The maximum Gasteiger partial charge on any atom is 0.416 e. The van der Waals surface area contributed by atoms with Crippen molar-refractivity contribution < 1.29 is 35.9 Å². The van der Waals surface area contributed by atoms with E-state index in [0.717, 1.165) is 12.1 Å². The number of halogens is 6. The summed E-state index contributed by atoms with van der Waals surface area (Å²) in [6.07, 6.45) is -9.53. The lowest BCUT2D eigenvalue weighted by Gasteiger charge is -2.23. The van der Waals surface area contributed by atoms with Crippen LogP contribution in [0.5, 0.6) is 5.75 Å². The third kappa shape index (κ3) is 4.24. The van der Waals surface area contributed by atoms with Crippen LogP contribution in [-0.4, -0.2) is 19.9 Å². The van der Waals surface area contributed by atoms with Gasteiger partial charge in [0.2, 0.25) is 0 Å². The standard InChI is InChI=1S/C26H21F6NO2/c1-13-10-14-7-5-9-19(35-3)21(14)22(23(13)26(30,31)32)17-12-18(33-2)20(24(17)34)15-6-4-8-16(11-15)25(27,28)29/h4-11,17,33H,12H2,1-3H3. The van der Waals surface area contributed by atoms with Crippen molar-refractivity contribution in [2.24, 2.45) is 0 Å². The molecule has 0 aromatic heterocycles. The van der Waals surface area contributed by atoms with Crippen LogP contribution < -0.4 is 10.1 Å². The number of allylic oxidation sites excluding steroid dienone is 2. The molecule has 1 aliphatic rings. The van der Waals surface area contributed by atoms with Crippen molar-refractivity contribution in [1.82, 2.24) is 5.32 Å². The second kappa shape index (κ2) is 8.62. The topological polar surface area (TPSA) is 38.3 Å². The van der Waals surface area contributed by atoms with Crippen LogP contribution >= 0.6 is 0 Å². The highest BCUT2D eigenvalue weighted by molar-refractivity contribution is 6.27. The van der Waals surface area contributed by atoms with Gasteiger partial charge in [-0.05, 0) is 47.2 Å². The number of nitrogens with one attached hydrogen (secondary N) is 1. The highest BCUT2D eigenvalue weighted by Crippen LogP contribution is 2.49. The molecule has 0 spiro atoms. The van der Waals surface area contributed by atoms with E-state index in [1.165, 1.54) is 45.3 Å². The van der Waals surface area contributed by atoms with Crippen molar-refractivity contribution in [2.45, 2.75) is 31.6 Å². The summed E-state index contributed by atoms with van der Waals surface area (Å²) in [7, 11) is 2.81. The van der Waals surface area contributed by atoms with E-state index >= 15 is 0 Å². The molecule has 184 valence electrons. The van der Waals surface area contributed by atoms with Crippen LogP contribution in [-0.2, 0) is 17.1 Å². The van der Waals surface area contributed by atoms with Crippen LogP contribution in [0.25, 0.3) is 16.3 Å². The molecule has 0 saturated carbocycles. The Balaban J connectivity index is 1.97. The van der Waals surface area contributed by atoms with Crippen molar-refractivity contribution in [3.63, 3.8) is 0 Å². The normalized spacial score (nSPS) is 16.8. The van der Waals surface area contributed by atoms with Gasteiger partial charge in [-0.25, -0.2) is 0 Å². The lowest BCUT2D eigenvalue weighted by molar-refractivity contribution is -0.139. The number of Topliss-reactive ketones (excluding diaryl/α,β-unsaturated/α-hetero) is 1. The first-order chi connectivity index (χ1) is 16.4. The summed E-state index contributed by atoms with van der Waals surface area (Å²) in [4.78, 5) is 13.7. The average molecular weight is 493 g/mol. The number of aryl methyl sites for hydroxylation is 1. The molecule has 0 heterocycles. The van der Waals surface area contributed by atoms with Crippen LogP contribution in [0.1, 0.15) is 40.2 Å². The molecule has 0 saturated heterocycles. The zero-order valence-electron chi connectivity index (χ0n) is 19.0. The lowest BCUT2D eigenvalue weighted by Crippen LogP contribution is -2.18. The molecule has 1 unspecified atom stereocenters. The number of hydrogen-bond donors (Lipinski definition) is 1. The average Bonchev–Trinajstić information content (AvgIpc) is 3.12. The molecule has 1 atom stereocenters. The van der Waals surface area contributed by atoms with Crippen LogP contribution in [0.15, 0.2) is 54.2 Å². The minimum atomic E-state index is -4.77. The summed E-state index contributed by atoms with van der Waals surface area (Å²) < 4.78 is 88.3. The molecule has 0 aliphatic heterocycles. The molecule has 1 aliphatic carbocycles. The number of ketones is 1. The first-order valence-electron chi connectivity index (χ1n) is 10.7. The fourth-order valence-corrected chi connectivity index (χ4v) is 4.84. The Bertz CT molecular complexity index is 1350. The third-order valence-corrected chi connectivity index (χ3v) is 6.27. The summed E-state index contributed by atoms with van der Waals surface area (Å²) in [6.45, 7) is 1.32. The van der Waals surface area contributed by atoms with Gasteiger partial charge in [-0.3, -0.25) is 4.79 Å². The minimum Gasteiger partial charge on any atom is -0.496 e. The van der Waals surface area contributed by atoms with Gasteiger partial charge < -0.3 is 10.1 Å². The maximum absolute atomic E-state index is 14.3. The predicted molar refractivity (Wildman–Crippen MR) is 120 cm³/mol. The molecule has 0 amide bonds. The molecule has 4 rings (SSSR count). The molecule has 3 aromatic carbocycles. The molecule has 35 heavy (non-hydrogen) atoms. The van der Waals surface area contributed by atoms with Crippen molar-refractivity contribution in [3.05, 3.63) is 82.0 Å². The number of alkyl halides is 6. The number of methoxy groups -OCH3 is 1. The van der Waals surface area contributed by atoms with Crippen LogP contribution in [0.4, 0.5) is 26.3 Å². The molecular weight excluding hydrogens is 472 g/mol. The molecule has 0 bridgehead atoms. The van der Waals surface area contributed by atoms with Crippen molar-refractivity contribution in [3.8, 4) is 5.75 Å². The number of carbonyl (C=O) groups is 1. The number of hydrogen-bond acceptors (Lipinski definition) is 3. The monoisotopic (exact) mass is 493 g/mol. The predicted octanol–water partition coefficient (Wildman–Crippen LogP) is 6.88. The Morgan fingerprint density at radius 3 is 2.26 bits per heavy atom. The van der Waals surface area contributed by atoms with Crippen molar-refractivity contribution in [2.75, 3.05) is 14.2 Å². The van der Waals surface area contributed by atoms with Gasteiger partial charge in [0, 0.05) is 30.1 Å². The summed E-state index contributed by atoms with van der Waals surface area (Å²) >= 11 is 0. The van der Waals surface area contributed by atoms with Gasteiger partial charge in [0.15, 0.2) is 5.78 Å². The zero-order valence-corrected chi connectivity index (χ0v) is 19.0. The first-order valence-corrected chi connectivity index (χ1v) is 10.7. The van der Waals surface area contributed by atoms with Gasteiger partial charge >= 0.3 is 12.4 Å². The number of benzene rings is 3. The van der Waals surface area contributed by atoms with Crippen molar-refractivity contribution in [1.29, 1.82) is 0 Å². The molecule has 0 radical (unpaired) electrons. The fourth-order valence-electron chi connectivity index (χ4n) is 4.84. The number of rotatable bonds is 4. The molecular formula is C26H21F6NO2. The van der Waals surface area contributed by atoms with Crippen LogP contribution in [0.2, 0.25) is 0 Å². The van der Waals surface area contributed by atoms with Crippen LogP contribution in [0, 0.1) is 6.92 Å². The molecule has 1 N–H and O–H groups in total. The van der Waals surface area contributed by atoms with Crippen molar-refractivity contribution >= 4 is 22.1 Å². The highest BCUT2D eigenvalue weighted by Gasteiger charge is 2.44. The number of ether oxygens (including phenoxy) is 1. The third-order valence-electron chi connectivity index (χ3n) is 6.27. The lowest BCUT2D eigenvalue weighted by atomic mass is 9.83. The van der Waals surface area contributed by atoms with Gasteiger partial charge in [0.1, 0.15) is 5.75 Å². The Labute approximate surface area is 197 Å². The Morgan fingerprint density at radius 1 is 0.971 bits per heavy atom. The van der Waals surface area contributed by atoms with Gasteiger partial charge in [-0.2, -0.15) is 26.3 Å². The zero-order chi connectivity index (χ0) is 25.7. The second-order valence-corrected chi connectivity index (χ2v) is 8.34. The summed E-state index contributed by atoms with van der Waals surface area (Å²) in [5.74, 6) is -1.77. The molecule has 3 aromatic rings. The van der Waals surface area contributed by atoms with Gasteiger partial charge in [0.05, 0.1) is 24.2 Å². The Hall–Kier alpha value is -3.49. The smallest absolute Gasteiger partial charge is 0.416 e. The van der Waals surface area contributed by atoms with E-state index in [1.807, 2.05) is 0 Å². The maximum atomic E-state index is 14.3. The number of carbonyl (C=O) groups excluding carboxylic acids is 1. The van der Waals surface area contributed by atoms with Crippen LogP contribution in [0.3, 0.4) is 0 Å². The van der Waals surface area contributed by atoms with E-state index in [1.54, 1.807) is 12.1 Å². The van der Waals surface area contributed by atoms with Gasteiger partial charge in [-0.15, -0.1) is 0 Å². The molecule has 9 heteroatoms. The number of fused-ring (bicyclic) bond motifs is 1. The van der Waals surface area contributed by atoms with E-state index in [-0.39, 0.29) is 45.5 Å². The fraction of sp³-hybridized carbons (Fsp3) is 0.269. The van der Waals surface area contributed by atoms with Gasteiger partial charge in [0.25, 0.3) is 0 Å². The highest BCUT2D eigenvalue weighted by atomic mass is 19.4. The molecule has 0 fully saturated rings. The second-order valence-electron chi connectivity index (χ2n) is 8.34. The molecule has 3 nitrogen and oxygen atoms in total. The summed E-state index contributed by atoms with van der Waals surface area (Å²) in [5, 5.41) is 3.44.